The van der Waals surface area contributed by atoms with Crippen molar-refractivity contribution in [1.82, 2.24) is 9.47 Å². The molecule has 2 rings (SSSR count). The average molecular weight is 259 g/mol. The molecule has 0 N–H and O–H groups in total. The summed E-state index contributed by atoms with van der Waals surface area (Å²) in [6, 6.07) is 5.22. The molecule has 0 saturated carbocycles. The van der Waals surface area contributed by atoms with Crippen molar-refractivity contribution in [1.29, 1.82) is 5.26 Å². The van der Waals surface area contributed by atoms with Gasteiger partial charge < -0.3 is 9.47 Å². The fourth-order valence-electron chi connectivity index (χ4n) is 2.41. The van der Waals surface area contributed by atoms with E-state index in [1.807, 2.05) is 6.92 Å². The van der Waals surface area contributed by atoms with E-state index in [1.165, 1.54) is 10.6 Å². The smallest absolute Gasteiger partial charge is 0.255 e. The zero-order valence-electron chi connectivity index (χ0n) is 11.2. The molecular weight excluding hydrogens is 242 g/mol. The van der Waals surface area contributed by atoms with Gasteiger partial charge in [-0.1, -0.05) is 0 Å². The van der Waals surface area contributed by atoms with E-state index in [0.717, 1.165) is 12.8 Å². The summed E-state index contributed by atoms with van der Waals surface area (Å²) in [4.78, 5) is 25.4. The number of carbonyl (C=O) groups excluding carboxylic acids is 1. The van der Waals surface area contributed by atoms with Crippen molar-refractivity contribution in [2.24, 2.45) is 12.5 Å². The lowest BCUT2D eigenvalue weighted by Gasteiger charge is -2.36. The number of carbonyl (C=O) groups is 1. The van der Waals surface area contributed by atoms with E-state index in [-0.39, 0.29) is 11.5 Å². The summed E-state index contributed by atoms with van der Waals surface area (Å²) in [5.74, 6) is -0.114. The predicted octanol–water partition coefficient (Wildman–Crippen LogP) is 1.15. The van der Waals surface area contributed by atoms with Crippen molar-refractivity contribution in [3.05, 3.63) is 34.2 Å². The highest BCUT2D eigenvalue weighted by Crippen LogP contribution is 2.29. The number of hydrogen-bond donors (Lipinski definition) is 0. The van der Waals surface area contributed by atoms with Crippen LogP contribution < -0.4 is 5.56 Å². The normalized spacial score (nSPS) is 22.9. The first-order valence-electron chi connectivity index (χ1n) is 6.32. The van der Waals surface area contributed by atoms with E-state index >= 15 is 0 Å². The Morgan fingerprint density at radius 1 is 1.47 bits per heavy atom. The first kappa shape index (κ1) is 13.3. The van der Waals surface area contributed by atoms with Gasteiger partial charge in [-0.2, -0.15) is 5.26 Å². The van der Waals surface area contributed by atoms with E-state index in [1.54, 1.807) is 24.2 Å². The van der Waals surface area contributed by atoms with Crippen LogP contribution in [0.1, 0.15) is 30.1 Å². The summed E-state index contributed by atoms with van der Waals surface area (Å²) in [6.45, 7) is 3.00. The first-order chi connectivity index (χ1) is 8.95. The molecule has 0 spiro atoms. The van der Waals surface area contributed by atoms with Crippen LogP contribution in [-0.2, 0) is 7.05 Å². The van der Waals surface area contributed by atoms with Crippen molar-refractivity contribution < 1.29 is 4.79 Å². The molecule has 1 aliphatic heterocycles. The highest BCUT2D eigenvalue weighted by molar-refractivity contribution is 5.94. The highest BCUT2D eigenvalue weighted by atomic mass is 16.2. The number of nitrogens with zero attached hydrogens (tertiary/aromatic N) is 3. The fourth-order valence-corrected chi connectivity index (χ4v) is 2.41. The molecule has 1 aliphatic rings. The second-order valence-electron chi connectivity index (χ2n) is 5.37. The summed E-state index contributed by atoms with van der Waals surface area (Å²) in [5, 5.41) is 9.17. The summed E-state index contributed by atoms with van der Waals surface area (Å²) < 4.78 is 1.39. The van der Waals surface area contributed by atoms with Crippen molar-refractivity contribution in [3.8, 4) is 6.07 Å². The SMILES string of the molecule is Cn1cc(C(=O)N2CCC[C@](C)(C#N)C2)ccc1=O. The lowest BCUT2D eigenvalue weighted by Crippen LogP contribution is -2.44. The maximum absolute atomic E-state index is 12.4. The van der Waals surface area contributed by atoms with Crippen molar-refractivity contribution in [3.63, 3.8) is 0 Å². The summed E-state index contributed by atoms with van der Waals surface area (Å²) in [6.07, 6.45) is 3.20. The molecule has 5 heteroatoms. The van der Waals surface area contributed by atoms with E-state index in [4.69, 9.17) is 5.26 Å². The molecule has 1 fully saturated rings. The van der Waals surface area contributed by atoms with Gasteiger partial charge in [0.15, 0.2) is 0 Å². The molecule has 2 heterocycles. The molecule has 19 heavy (non-hydrogen) atoms. The third-order valence-corrected chi connectivity index (χ3v) is 3.59. The molecule has 0 aromatic carbocycles. The Morgan fingerprint density at radius 3 is 2.84 bits per heavy atom. The topological polar surface area (TPSA) is 66.1 Å². The molecule has 1 aromatic rings. The zero-order valence-corrected chi connectivity index (χ0v) is 11.2. The van der Waals surface area contributed by atoms with Crippen molar-refractivity contribution >= 4 is 5.91 Å². The van der Waals surface area contributed by atoms with Gasteiger partial charge in [0.2, 0.25) is 5.56 Å². The minimum Gasteiger partial charge on any atom is -0.337 e. The Bertz CT molecular complexity index is 599. The molecule has 1 atom stereocenters. The standard InChI is InChI=1S/C14H17N3O2/c1-14(9-15)6-3-7-17(10-14)13(19)11-4-5-12(18)16(2)8-11/h4-5,8H,3,6-7,10H2,1-2H3/t14-/m1/s1. The maximum Gasteiger partial charge on any atom is 0.255 e. The van der Waals surface area contributed by atoms with Crippen LogP contribution in [-0.4, -0.2) is 28.5 Å². The summed E-state index contributed by atoms with van der Waals surface area (Å²) in [7, 11) is 1.62. The molecule has 0 radical (unpaired) electrons. The van der Waals surface area contributed by atoms with Gasteiger partial charge in [-0.15, -0.1) is 0 Å². The molecule has 1 saturated heterocycles. The molecule has 5 nitrogen and oxygen atoms in total. The van der Waals surface area contributed by atoms with E-state index < -0.39 is 5.41 Å². The van der Waals surface area contributed by atoms with E-state index in [2.05, 4.69) is 6.07 Å². The van der Waals surface area contributed by atoms with Gasteiger partial charge in [-0.25, -0.2) is 0 Å². The number of piperidine rings is 1. The third kappa shape index (κ3) is 2.68. The quantitative estimate of drug-likeness (QED) is 0.760. The van der Waals surface area contributed by atoms with Gasteiger partial charge in [0.05, 0.1) is 17.0 Å². The van der Waals surface area contributed by atoms with Crippen LogP contribution in [0.3, 0.4) is 0 Å². The van der Waals surface area contributed by atoms with Crippen LogP contribution in [0.4, 0.5) is 0 Å². The molecule has 0 aliphatic carbocycles. The minimum absolute atomic E-state index is 0.114. The first-order valence-corrected chi connectivity index (χ1v) is 6.32. The number of amides is 1. The Kier molecular flexibility index (Phi) is 3.43. The predicted molar refractivity (Wildman–Crippen MR) is 70.5 cm³/mol. The second-order valence-corrected chi connectivity index (χ2v) is 5.37. The largest absolute Gasteiger partial charge is 0.337 e. The molecule has 1 aromatic heterocycles. The number of pyridine rings is 1. The Morgan fingerprint density at radius 2 is 2.21 bits per heavy atom. The molecular formula is C14H17N3O2. The van der Waals surface area contributed by atoms with Crippen LogP contribution >= 0.6 is 0 Å². The van der Waals surface area contributed by atoms with E-state index in [9.17, 15) is 9.59 Å². The lowest BCUT2D eigenvalue weighted by molar-refractivity contribution is 0.0629. The van der Waals surface area contributed by atoms with E-state index in [0.29, 0.717) is 18.7 Å². The number of aromatic nitrogens is 1. The van der Waals surface area contributed by atoms with Gasteiger partial charge in [0.25, 0.3) is 5.91 Å². The molecule has 0 bridgehead atoms. The highest BCUT2D eigenvalue weighted by Gasteiger charge is 2.33. The van der Waals surface area contributed by atoms with Crippen LogP contribution in [0.15, 0.2) is 23.1 Å². The second kappa shape index (κ2) is 4.88. The number of hydrogen-bond acceptors (Lipinski definition) is 3. The minimum atomic E-state index is -0.464. The van der Waals surface area contributed by atoms with Gasteiger partial charge in [0, 0.05) is 32.4 Å². The fraction of sp³-hybridized carbons (Fsp3) is 0.500. The Balaban J connectivity index is 2.22. The van der Waals surface area contributed by atoms with Crippen LogP contribution in [0.2, 0.25) is 0 Å². The van der Waals surface area contributed by atoms with Crippen molar-refractivity contribution in [2.45, 2.75) is 19.8 Å². The Hall–Kier alpha value is -2.09. The number of rotatable bonds is 1. The van der Waals surface area contributed by atoms with Crippen LogP contribution in [0, 0.1) is 16.7 Å². The summed E-state index contributed by atoms with van der Waals surface area (Å²) in [5.41, 5.74) is -0.115. The van der Waals surface area contributed by atoms with Gasteiger partial charge >= 0.3 is 0 Å². The molecule has 0 unspecified atom stereocenters. The molecule has 100 valence electrons. The number of aryl methyl sites for hydroxylation is 1. The Labute approximate surface area is 112 Å². The number of likely N-dealkylation sites (tertiary alicyclic amines) is 1. The maximum atomic E-state index is 12.4. The number of nitriles is 1. The lowest BCUT2D eigenvalue weighted by atomic mass is 9.83. The van der Waals surface area contributed by atoms with Gasteiger partial charge in [-0.3, -0.25) is 9.59 Å². The monoisotopic (exact) mass is 259 g/mol. The van der Waals surface area contributed by atoms with Crippen LogP contribution in [0.25, 0.3) is 0 Å². The average Bonchev–Trinajstić information content (AvgIpc) is 2.41. The van der Waals surface area contributed by atoms with Crippen molar-refractivity contribution in [2.75, 3.05) is 13.1 Å². The molecule has 1 amide bonds. The zero-order chi connectivity index (χ0) is 14.0. The van der Waals surface area contributed by atoms with Gasteiger partial charge in [-0.05, 0) is 25.8 Å². The van der Waals surface area contributed by atoms with Crippen LogP contribution in [0.5, 0.6) is 0 Å². The summed E-state index contributed by atoms with van der Waals surface area (Å²) >= 11 is 0. The van der Waals surface area contributed by atoms with Gasteiger partial charge in [0.1, 0.15) is 0 Å². The third-order valence-electron chi connectivity index (χ3n) is 3.59.